The topological polar surface area (TPSA) is 109 Å². The first-order chi connectivity index (χ1) is 7.73. The molecule has 0 saturated carbocycles. The van der Waals surface area contributed by atoms with Crippen molar-refractivity contribution in [2.45, 2.75) is 12.8 Å². The van der Waals surface area contributed by atoms with Crippen LogP contribution in [-0.2, 0) is 24.7 Å². The molecule has 0 atom stereocenters. The minimum Gasteiger partial charge on any atom is -0.481 e. The highest BCUT2D eigenvalue weighted by molar-refractivity contribution is 7.92. The summed E-state index contributed by atoms with van der Waals surface area (Å²) in [4.78, 5) is 10.3. The van der Waals surface area contributed by atoms with E-state index >= 15 is 0 Å². The van der Waals surface area contributed by atoms with Gasteiger partial charge in [0, 0.05) is 19.5 Å². The van der Waals surface area contributed by atoms with E-state index in [4.69, 9.17) is 5.11 Å². The molecule has 0 aromatic rings. The van der Waals surface area contributed by atoms with Crippen LogP contribution < -0.4 is 0 Å². The molecule has 1 fully saturated rings. The Morgan fingerprint density at radius 2 is 1.76 bits per heavy atom. The fraction of sp³-hybridized carbons (Fsp3) is 0.875. The summed E-state index contributed by atoms with van der Waals surface area (Å²) < 4.78 is 46.8. The van der Waals surface area contributed by atoms with Crippen molar-refractivity contribution in [3.05, 3.63) is 0 Å². The van der Waals surface area contributed by atoms with Crippen LogP contribution in [0.15, 0.2) is 0 Å². The van der Waals surface area contributed by atoms with Crippen molar-refractivity contribution >= 4 is 25.8 Å². The van der Waals surface area contributed by atoms with Gasteiger partial charge in [0.15, 0.2) is 9.84 Å². The number of nitrogens with zero attached hydrogens (tertiary/aromatic N) is 1. The predicted octanol–water partition coefficient (Wildman–Crippen LogP) is -1.09. The summed E-state index contributed by atoms with van der Waals surface area (Å²) in [6.45, 7) is -0.0600. The first-order valence-electron chi connectivity index (χ1n) is 5.13. The molecule has 1 aliphatic heterocycles. The highest BCUT2D eigenvalue weighted by Crippen LogP contribution is 2.11. The first-order valence-corrected chi connectivity index (χ1v) is 8.56. The van der Waals surface area contributed by atoms with E-state index in [1.165, 1.54) is 0 Å². The third kappa shape index (κ3) is 4.60. The van der Waals surface area contributed by atoms with Crippen LogP contribution in [0.5, 0.6) is 0 Å². The minimum atomic E-state index is -3.52. The van der Waals surface area contributed by atoms with Crippen LogP contribution in [0.25, 0.3) is 0 Å². The quantitative estimate of drug-likeness (QED) is 0.687. The summed E-state index contributed by atoms with van der Waals surface area (Å²) in [7, 11) is -6.63. The molecule has 1 heterocycles. The van der Waals surface area contributed by atoms with Crippen LogP contribution in [0.3, 0.4) is 0 Å². The lowest BCUT2D eigenvalue weighted by Gasteiger charge is -2.25. The van der Waals surface area contributed by atoms with E-state index in [1.54, 1.807) is 0 Å². The van der Waals surface area contributed by atoms with Crippen LogP contribution in [-0.4, -0.2) is 62.6 Å². The van der Waals surface area contributed by atoms with Crippen molar-refractivity contribution in [1.29, 1.82) is 0 Å². The van der Waals surface area contributed by atoms with E-state index in [2.05, 4.69) is 0 Å². The number of rotatable bonds is 5. The molecular weight excluding hydrogens is 270 g/mol. The fourth-order valence-corrected chi connectivity index (χ4v) is 4.45. The van der Waals surface area contributed by atoms with Gasteiger partial charge in [0.2, 0.25) is 10.0 Å². The molecule has 1 saturated heterocycles. The number of sulfone groups is 1. The van der Waals surface area contributed by atoms with Gasteiger partial charge in [-0.2, -0.15) is 4.31 Å². The Morgan fingerprint density at radius 3 is 2.24 bits per heavy atom. The molecule has 0 aliphatic carbocycles. The summed E-state index contributed by atoms with van der Waals surface area (Å²) in [5.74, 6) is -1.61. The van der Waals surface area contributed by atoms with Gasteiger partial charge in [0.05, 0.1) is 17.3 Å². The van der Waals surface area contributed by atoms with Crippen molar-refractivity contribution in [1.82, 2.24) is 4.31 Å². The molecule has 0 aromatic carbocycles. The highest BCUT2D eigenvalue weighted by Gasteiger charge is 2.29. The molecule has 1 aliphatic rings. The second kappa shape index (κ2) is 5.32. The Morgan fingerprint density at radius 1 is 1.24 bits per heavy atom. The lowest BCUT2D eigenvalue weighted by Crippen LogP contribution is -2.44. The van der Waals surface area contributed by atoms with Gasteiger partial charge in [-0.3, -0.25) is 4.79 Å². The maximum Gasteiger partial charge on any atom is 0.303 e. The van der Waals surface area contributed by atoms with Gasteiger partial charge in [0.25, 0.3) is 0 Å². The van der Waals surface area contributed by atoms with Crippen molar-refractivity contribution in [3.8, 4) is 0 Å². The van der Waals surface area contributed by atoms with Crippen LogP contribution in [0.2, 0.25) is 0 Å². The summed E-state index contributed by atoms with van der Waals surface area (Å²) in [6, 6.07) is 0. The molecule has 0 unspecified atom stereocenters. The normalized spacial score (nSPS) is 21.2. The summed E-state index contributed by atoms with van der Waals surface area (Å²) in [5.41, 5.74) is 0. The zero-order valence-electron chi connectivity index (χ0n) is 9.20. The smallest absolute Gasteiger partial charge is 0.303 e. The van der Waals surface area contributed by atoms with Crippen molar-refractivity contribution in [2.75, 3.05) is 30.3 Å². The Balaban J connectivity index is 2.52. The third-order valence-electron chi connectivity index (χ3n) is 2.49. The molecular formula is C8H15NO6S2. The van der Waals surface area contributed by atoms with Crippen molar-refractivity contribution in [3.63, 3.8) is 0 Å². The Bertz CT molecular complexity index is 466. The van der Waals surface area contributed by atoms with Crippen LogP contribution >= 0.6 is 0 Å². The second-order valence-corrected chi connectivity index (χ2v) is 8.26. The maximum absolute atomic E-state index is 11.7. The standard InChI is InChI=1S/C8H15NO6S2/c10-8(11)2-1-5-17(14,15)9-3-6-16(12,13)7-4-9/h1-7H2,(H,10,11). The van der Waals surface area contributed by atoms with Crippen LogP contribution in [0.1, 0.15) is 12.8 Å². The van der Waals surface area contributed by atoms with E-state index in [-0.39, 0.29) is 43.2 Å². The largest absolute Gasteiger partial charge is 0.481 e. The van der Waals surface area contributed by atoms with E-state index in [0.29, 0.717) is 0 Å². The highest BCUT2D eigenvalue weighted by atomic mass is 32.2. The predicted molar refractivity (Wildman–Crippen MR) is 60.9 cm³/mol. The molecule has 9 heteroatoms. The molecule has 0 amide bonds. The number of sulfonamides is 1. The summed E-state index contributed by atoms with van der Waals surface area (Å²) in [5, 5.41) is 8.40. The lowest BCUT2D eigenvalue weighted by molar-refractivity contribution is -0.137. The van der Waals surface area contributed by atoms with Gasteiger partial charge in [-0.15, -0.1) is 0 Å². The van der Waals surface area contributed by atoms with Gasteiger partial charge >= 0.3 is 5.97 Å². The maximum atomic E-state index is 11.7. The summed E-state index contributed by atoms with van der Waals surface area (Å²) >= 11 is 0. The van der Waals surface area contributed by atoms with E-state index in [0.717, 1.165) is 4.31 Å². The molecule has 1 N–H and O–H groups in total. The van der Waals surface area contributed by atoms with Crippen molar-refractivity contribution in [2.24, 2.45) is 0 Å². The Kier molecular flexibility index (Phi) is 4.50. The molecule has 0 radical (unpaired) electrons. The average Bonchev–Trinajstić information content (AvgIpc) is 2.15. The van der Waals surface area contributed by atoms with Crippen LogP contribution in [0, 0.1) is 0 Å². The zero-order valence-corrected chi connectivity index (χ0v) is 10.8. The number of aliphatic carboxylic acids is 1. The number of carbonyl (C=O) groups is 1. The molecule has 7 nitrogen and oxygen atoms in total. The molecule has 0 spiro atoms. The molecule has 1 rings (SSSR count). The van der Waals surface area contributed by atoms with Crippen molar-refractivity contribution < 1.29 is 26.7 Å². The second-order valence-electron chi connectivity index (χ2n) is 3.86. The summed E-state index contributed by atoms with van der Waals surface area (Å²) in [6.07, 6.45) is -0.160. The van der Waals surface area contributed by atoms with E-state index in [9.17, 15) is 21.6 Å². The van der Waals surface area contributed by atoms with Gasteiger partial charge in [0.1, 0.15) is 0 Å². The van der Waals surface area contributed by atoms with Crippen LogP contribution in [0.4, 0.5) is 0 Å². The Labute approximate surface area is 100 Å². The molecule has 17 heavy (non-hydrogen) atoms. The number of hydrogen-bond donors (Lipinski definition) is 1. The molecule has 100 valence electrons. The van der Waals surface area contributed by atoms with Gasteiger partial charge in [-0.1, -0.05) is 0 Å². The van der Waals surface area contributed by atoms with Gasteiger partial charge in [-0.25, -0.2) is 16.8 Å². The van der Waals surface area contributed by atoms with Gasteiger partial charge < -0.3 is 5.11 Å². The van der Waals surface area contributed by atoms with Gasteiger partial charge in [-0.05, 0) is 6.42 Å². The Hall–Kier alpha value is -0.670. The third-order valence-corrected chi connectivity index (χ3v) is 6.06. The minimum absolute atomic E-state index is 0.0300. The zero-order chi connectivity index (χ0) is 13.1. The van der Waals surface area contributed by atoms with E-state index in [1.807, 2.05) is 0 Å². The average molecular weight is 285 g/mol. The number of carboxylic acids is 1. The SMILES string of the molecule is O=C(O)CCCS(=O)(=O)N1CCS(=O)(=O)CC1. The molecule has 0 aromatic heterocycles. The lowest BCUT2D eigenvalue weighted by atomic mass is 10.3. The van der Waals surface area contributed by atoms with E-state index < -0.39 is 25.8 Å². The fourth-order valence-electron chi connectivity index (χ4n) is 1.51. The number of hydrogen-bond acceptors (Lipinski definition) is 5. The molecule has 0 bridgehead atoms. The number of carboxylic acid groups (broad SMARTS) is 1. The monoisotopic (exact) mass is 285 g/mol. The first kappa shape index (κ1) is 14.4.